The topological polar surface area (TPSA) is 254 Å². The number of hydrogen-bond acceptors (Lipinski definition) is 12. The van der Waals surface area contributed by atoms with E-state index in [1.807, 2.05) is 45.9 Å². The van der Waals surface area contributed by atoms with Crippen molar-refractivity contribution in [3.05, 3.63) is 65.7 Å². The summed E-state index contributed by atoms with van der Waals surface area (Å²) < 4.78 is 17.5. The minimum atomic E-state index is -1.01. The number of ether oxygens (including phenoxy) is 3. The van der Waals surface area contributed by atoms with Crippen molar-refractivity contribution in [2.75, 3.05) is 53.3 Å². The number of methoxy groups -OCH3 is 2. The molecule has 0 aliphatic carbocycles. The van der Waals surface area contributed by atoms with Gasteiger partial charge in [-0.25, -0.2) is 4.79 Å². The van der Waals surface area contributed by atoms with E-state index in [9.17, 15) is 43.5 Å². The quantitative estimate of drug-likeness (QED) is 0.0428. The molecule has 1 heterocycles. The first-order valence-electron chi connectivity index (χ1n) is 28.7. The van der Waals surface area contributed by atoms with Crippen molar-refractivity contribution in [3.8, 4) is 0 Å². The maximum atomic E-state index is 14.3. The van der Waals surface area contributed by atoms with Crippen LogP contribution < -0.4 is 26.6 Å². The third-order valence-electron chi connectivity index (χ3n) is 15.6. The molecule has 80 heavy (non-hydrogen) atoms. The molecule has 1 saturated heterocycles. The van der Waals surface area contributed by atoms with E-state index in [4.69, 9.17) is 14.2 Å². The maximum absolute atomic E-state index is 14.3. The zero-order valence-electron chi connectivity index (χ0n) is 50.2. The minimum absolute atomic E-state index is 0.0603. The molecule has 0 aromatic heterocycles. The van der Waals surface area contributed by atoms with Gasteiger partial charge in [0.1, 0.15) is 18.7 Å². The number of nitrogens with one attached hydrogen (secondary N) is 5. The van der Waals surface area contributed by atoms with Gasteiger partial charge in [-0.15, -0.1) is 0 Å². The number of hydrogen-bond donors (Lipinski definition) is 6. The highest BCUT2D eigenvalue weighted by Crippen LogP contribution is 2.30. The van der Waals surface area contributed by atoms with Crippen molar-refractivity contribution in [3.63, 3.8) is 0 Å². The lowest BCUT2D eigenvalue weighted by atomic mass is 9.90. The molecule has 2 aromatic carbocycles. The van der Waals surface area contributed by atoms with Crippen molar-refractivity contribution in [2.45, 2.75) is 182 Å². The highest BCUT2D eigenvalue weighted by atomic mass is 16.6. The van der Waals surface area contributed by atoms with Gasteiger partial charge in [-0.05, 0) is 73.1 Å². The largest absolute Gasteiger partial charge is 0.445 e. The van der Waals surface area contributed by atoms with Gasteiger partial charge in [0.05, 0.1) is 61.9 Å². The van der Waals surface area contributed by atoms with Crippen LogP contribution in [0, 0.1) is 29.6 Å². The average Bonchev–Trinajstić information content (AvgIpc) is 3.93. The van der Waals surface area contributed by atoms with E-state index in [1.165, 1.54) is 31.1 Å². The van der Waals surface area contributed by atoms with Gasteiger partial charge < -0.3 is 55.7 Å². The van der Waals surface area contributed by atoms with Crippen molar-refractivity contribution in [2.24, 2.45) is 29.6 Å². The van der Waals surface area contributed by atoms with Crippen molar-refractivity contribution in [1.29, 1.82) is 0 Å². The van der Waals surface area contributed by atoms with Crippen LogP contribution in [0.4, 0.5) is 10.5 Å². The molecule has 8 amide bonds. The summed E-state index contributed by atoms with van der Waals surface area (Å²) in [6.07, 6.45) is 3.00. The first-order valence-corrected chi connectivity index (χ1v) is 28.7. The molecule has 3 unspecified atom stereocenters. The smallest absolute Gasteiger partial charge is 0.410 e. The van der Waals surface area contributed by atoms with Gasteiger partial charge in [-0.2, -0.15) is 0 Å². The Morgan fingerprint density at radius 3 is 1.98 bits per heavy atom. The molecular weight excluding hydrogens is 1020 g/mol. The van der Waals surface area contributed by atoms with E-state index in [0.29, 0.717) is 55.0 Å². The molecule has 0 saturated carbocycles. The zero-order valence-corrected chi connectivity index (χ0v) is 50.2. The standard InChI is InChI=1S/C60H96N8O12/c1-15-39(7)23-20-21-27-48(69)65-52(37(3)4)58(75)61-34-49(70)64-45-30-28-43(29-31-45)36-80-60(77)67(12)53(38(5)6)59(76)62-35-51(72)66(11)54(40(8)16-2)47(78-13)33-50(71)68-32-22-26-46(68)56(79-14)41(9)57(74)63-42(10)55(73)44-24-18-17-19-25-44/h17-19,24-25,28-31,37-42,46-47,52-56,73H,15-16,20-23,26-27,32-36H2,1-14H3,(H,61,75)(H,62,76)(H,63,74)(H,64,70)(H,65,69)/t39?,40-,41-,42-,46+,47+,52?,53?,54-,55-,56-/m0/s1. The number of amides is 8. The van der Waals surface area contributed by atoms with E-state index < -0.39 is 90.7 Å². The third-order valence-corrected chi connectivity index (χ3v) is 15.6. The Balaban J connectivity index is 1.55. The van der Waals surface area contributed by atoms with Gasteiger partial charge in [0.15, 0.2) is 0 Å². The van der Waals surface area contributed by atoms with Crippen LogP contribution >= 0.6 is 0 Å². The Labute approximate surface area is 475 Å². The van der Waals surface area contributed by atoms with Crippen LogP contribution in [0.2, 0.25) is 0 Å². The second kappa shape index (κ2) is 34.2. The van der Waals surface area contributed by atoms with Crippen molar-refractivity contribution in [1.82, 2.24) is 36.0 Å². The highest BCUT2D eigenvalue weighted by Gasteiger charge is 2.43. The van der Waals surface area contributed by atoms with Crippen LogP contribution in [0.3, 0.4) is 0 Å². The summed E-state index contributed by atoms with van der Waals surface area (Å²) in [6, 6.07) is 12.3. The number of unbranched alkanes of at least 4 members (excludes halogenated alkanes) is 1. The first-order chi connectivity index (χ1) is 37.9. The molecule has 0 spiro atoms. The third kappa shape index (κ3) is 20.8. The molecule has 0 radical (unpaired) electrons. The first kappa shape index (κ1) is 68.2. The fraction of sp³-hybridized carbons (Fsp3) is 0.667. The Morgan fingerprint density at radius 2 is 1.39 bits per heavy atom. The van der Waals surface area contributed by atoms with Crippen molar-refractivity contribution < 1.29 is 57.7 Å². The van der Waals surface area contributed by atoms with Crippen LogP contribution in [-0.4, -0.2) is 158 Å². The van der Waals surface area contributed by atoms with Gasteiger partial charge in [0, 0.05) is 47.0 Å². The number of benzene rings is 2. The molecular formula is C60H96N8O12. The normalized spacial score (nSPS) is 17.1. The molecule has 2 aromatic rings. The van der Waals surface area contributed by atoms with Gasteiger partial charge in [0.2, 0.25) is 41.4 Å². The zero-order chi connectivity index (χ0) is 59.8. The van der Waals surface area contributed by atoms with Gasteiger partial charge in [0.25, 0.3) is 0 Å². The molecule has 11 atom stereocenters. The van der Waals surface area contributed by atoms with Crippen LogP contribution in [-0.2, 0) is 54.4 Å². The van der Waals surface area contributed by atoms with Gasteiger partial charge >= 0.3 is 6.09 Å². The molecule has 6 N–H and O–H groups in total. The number of rotatable bonds is 33. The summed E-state index contributed by atoms with van der Waals surface area (Å²) in [6.45, 7) is 18.6. The van der Waals surface area contributed by atoms with E-state index in [2.05, 4.69) is 40.4 Å². The van der Waals surface area contributed by atoms with Gasteiger partial charge in [-0.1, -0.05) is 130 Å². The van der Waals surface area contributed by atoms with Crippen molar-refractivity contribution >= 4 is 53.1 Å². The number of likely N-dealkylation sites (tertiary alicyclic amines) is 1. The number of carbonyl (C=O) groups excluding carboxylic acids is 8. The summed E-state index contributed by atoms with van der Waals surface area (Å²) >= 11 is 0. The highest BCUT2D eigenvalue weighted by molar-refractivity contribution is 5.96. The number of aliphatic hydroxyl groups is 1. The maximum Gasteiger partial charge on any atom is 0.410 e. The van der Waals surface area contributed by atoms with Crippen LogP contribution in [0.5, 0.6) is 0 Å². The second-order valence-corrected chi connectivity index (χ2v) is 22.4. The number of anilines is 1. The Morgan fingerprint density at radius 1 is 0.738 bits per heavy atom. The molecule has 1 fully saturated rings. The molecule has 3 rings (SSSR count). The Kier molecular flexibility index (Phi) is 29.2. The molecule has 0 bridgehead atoms. The number of carbonyl (C=O) groups is 8. The molecule has 448 valence electrons. The predicted octanol–water partition coefficient (Wildman–Crippen LogP) is 6.36. The van der Waals surface area contributed by atoms with E-state index in [0.717, 1.165) is 25.7 Å². The van der Waals surface area contributed by atoms with Crippen LogP contribution in [0.15, 0.2) is 54.6 Å². The molecule has 1 aliphatic heterocycles. The summed E-state index contributed by atoms with van der Waals surface area (Å²) in [5, 5.41) is 24.7. The lowest BCUT2D eigenvalue weighted by Crippen LogP contribution is -2.56. The summed E-state index contributed by atoms with van der Waals surface area (Å²) in [5.41, 5.74) is 1.72. The lowest BCUT2D eigenvalue weighted by molar-refractivity contribution is -0.146. The predicted molar refractivity (Wildman–Crippen MR) is 307 cm³/mol. The fourth-order valence-electron chi connectivity index (χ4n) is 10.3. The second-order valence-electron chi connectivity index (χ2n) is 22.4. The SMILES string of the molecule is CCC(C)CCCCC(=O)NC(C(=O)NCC(=O)Nc1ccc(COC(=O)N(C)C(C(=O)NCC(=O)N(C)[C@@H]([C@@H](C)CC)[C@@H](CC(=O)N2CCC[C@@H]2[C@@H](OC)[C@H](C)C(=O)N[C@@H](C)[C@H](O)c2ccccc2)OC)C(C)C)cc1)C(C)C. The monoisotopic (exact) mass is 1120 g/mol. The van der Waals surface area contributed by atoms with E-state index in [1.54, 1.807) is 76.0 Å². The minimum Gasteiger partial charge on any atom is -0.445 e. The molecule has 1 aliphatic rings. The van der Waals surface area contributed by atoms with Crippen LogP contribution in [0.25, 0.3) is 0 Å². The summed E-state index contributed by atoms with van der Waals surface area (Å²) in [5.74, 6) is -3.40. The summed E-state index contributed by atoms with van der Waals surface area (Å²) in [4.78, 5) is 112. The lowest BCUT2D eigenvalue weighted by Gasteiger charge is -2.39. The number of likely N-dealkylation sites (N-methyl/N-ethyl adjacent to an activating group) is 2. The number of nitrogens with zero attached hydrogens (tertiary/aromatic N) is 3. The van der Waals surface area contributed by atoms with Gasteiger partial charge in [-0.3, -0.25) is 38.5 Å². The fourth-order valence-corrected chi connectivity index (χ4v) is 10.3. The molecule has 20 nitrogen and oxygen atoms in total. The van der Waals surface area contributed by atoms with E-state index in [-0.39, 0.29) is 55.0 Å². The van der Waals surface area contributed by atoms with Crippen LogP contribution in [0.1, 0.15) is 144 Å². The average molecular weight is 1120 g/mol. The summed E-state index contributed by atoms with van der Waals surface area (Å²) in [7, 11) is 6.08. The Hall–Kier alpha value is -6.12. The Bertz CT molecular complexity index is 2290. The van der Waals surface area contributed by atoms with E-state index >= 15 is 0 Å². The molecule has 20 heteroatoms. The number of aliphatic hydroxyl groups excluding tert-OH is 1.